The average molecular weight is 488 g/mol. The molecule has 2 aliphatic carbocycles. The lowest BCUT2D eigenvalue weighted by atomic mass is 9.55. The van der Waals surface area contributed by atoms with E-state index in [1.54, 1.807) is 0 Å². The molecule has 2 aliphatic heterocycles. The Labute approximate surface area is 182 Å². The van der Waals surface area contributed by atoms with Gasteiger partial charge in [0.05, 0.1) is 6.10 Å². The number of aliphatic imine (C=N–C) groups is 1. The Hall–Kier alpha value is -0.340. The molecule has 3 unspecified atom stereocenters. The van der Waals surface area contributed by atoms with Crippen LogP contribution in [0.15, 0.2) is 17.1 Å². The van der Waals surface area contributed by atoms with Crippen molar-refractivity contribution in [1.82, 2.24) is 15.1 Å². The minimum absolute atomic E-state index is 0. The zero-order chi connectivity index (χ0) is 18.0. The molecule has 1 saturated heterocycles. The van der Waals surface area contributed by atoms with Crippen LogP contribution in [0.5, 0.6) is 0 Å². The average Bonchev–Trinajstić information content (AvgIpc) is 3.36. The number of nitrogens with zero attached hydrogens (tertiary/aromatic N) is 3. The van der Waals surface area contributed by atoms with Crippen molar-refractivity contribution >= 4 is 29.9 Å². The van der Waals surface area contributed by atoms with Crippen molar-refractivity contribution in [3.63, 3.8) is 0 Å². The maximum Gasteiger partial charge on any atom is 0.193 e. The molecule has 0 bridgehead atoms. The third kappa shape index (κ3) is 4.17. The molecule has 4 aliphatic rings. The van der Waals surface area contributed by atoms with Crippen molar-refractivity contribution in [2.45, 2.75) is 70.1 Å². The highest BCUT2D eigenvalue weighted by Gasteiger charge is 2.56. The van der Waals surface area contributed by atoms with Crippen LogP contribution < -0.4 is 5.32 Å². The second-order valence-corrected chi connectivity index (χ2v) is 8.53. The molecular formula is C21H37IN4O. The van der Waals surface area contributed by atoms with Crippen molar-refractivity contribution < 1.29 is 4.74 Å². The third-order valence-corrected chi connectivity index (χ3v) is 7.28. The van der Waals surface area contributed by atoms with Crippen molar-refractivity contribution in [2.75, 3.05) is 39.8 Å². The van der Waals surface area contributed by atoms with E-state index < -0.39 is 0 Å². The van der Waals surface area contributed by atoms with Crippen LogP contribution in [0.3, 0.4) is 0 Å². The van der Waals surface area contributed by atoms with Gasteiger partial charge in [-0.15, -0.1) is 24.0 Å². The van der Waals surface area contributed by atoms with Crippen molar-refractivity contribution in [2.24, 2.45) is 10.4 Å². The van der Waals surface area contributed by atoms with Gasteiger partial charge in [-0.25, -0.2) is 0 Å². The molecule has 3 atom stereocenters. The van der Waals surface area contributed by atoms with Crippen LogP contribution in [0, 0.1) is 5.41 Å². The summed E-state index contributed by atoms with van der Waals surface area (Å²) in [5.74, 6) is 1.12. The molecule has 1 spiro atoms. The standard InChI is InChI=1S/C21H36N4O.HI/c1-3-26-19-15-18(21(19)10-5-4-6-11-21)23-20(22-2)25-14-9-17(16-25)24-12-7-8-13-24;/h7-8,17-19H,3-6,9-16H2,1-2H3,(H,22,23);1H. The normalized spacial score (nSPS) is 33.2. The highest BCUT2D eigenvalue weighted by Crippen LogP contribution is 2.53. The molecule has 27 heavy (non-hydrogen) atoms. The second-order valence-electron chi connectivity index (χ2n) is 8.53. The van der Waals surface area contributed by atoms with E-state index in [-0.39, 0.29) is 24.0 Å². The molecule has 6 heteroatoms. The summed E-state index contributed by atoms with van der Waals surface area (Å²) < 4.78 is 6.12. The molecule has 0 aromatic carbocycles. The van der Waals surface area contributed by atoms with Gasteiger partial charge in [-0.3, -0.25) is 9.89 Å². The lowest BCUT2D eigenvalue weighted by Gasteiger charge is -2.58. The zero-order valence-corrected chi connectivity index (χ0v) is 19.4. The van der Waals surface area contributed by atoms with Crippen LogP contribution in [-0.2, 0) is 4.74 Å². The monoisotopic (exact) mass is 488 g/mol. The molecular weight excluding hydrogens is 451 g/mol. The van der Waals surface area contributed by atoms with Gasteiger partial charge in [0.1, 0.15) is 0 Å². The summed E-state index contributed by atoms with van der Waals surface area (Å²) in [7, 11) is 1.94. The Morgan fingerprint density at radius 1 is 1.22 bits per heavy atom. The number of nitrogens with one attached hydrogen (secondary N) is 1. The number of guanidine groups is 1. The van der Waals surface area contributed by atoms with E-state index >= 15 is 0 Å². The number of ether oxygens (including phenoxy) is 1. The number of hydrogen-bond donors (Lipinski definition) is 1. The molecule has 1 N–H and O–H groups in total. The van der Waals surface area contributed by atoms with Crippen LogP contribution in [0.4, 0.5) is 0 Å². The highest BCUT2D eigenvalue weighted by molar-refractivity contribution is 14.0. The van der Waals surface area contributed by atoms with E-state index in [1.165, 1.54) is 38.5 Å². The smallest absolute Gasteiger partial charge is 0.193 e. The maximum absolute atomic E-state index is 6.12. The van der Waals surface area contributed by atoms with Crippen LogP contribution >= 0.6 is 24.0 Å². The Morgan fingerprint density at radius 3 is 2.63 bits per heavy atom. The fourth-order valence-corrected chi connectivity index (χ4v) is 5.74. The fraction of sp³-hybridized carbons (Fsp3) is 0.857. The summed E-state index contributed by atoms with van der Waals surface area (Å²) >= 11 is 0. The molecule has 0 radical (unpaired) electrons. The lowest BCUT2D eigenvalue weighted by Crippen LogP contribution is -2.66. The summed E-state index contributed by atoms with van der Waals surface area (Å²) in [6.07, 6.45) is 14.2. The van der Waals surface area contributed by atoms with E-state index in [9.17, 15) is 0 Å². The first kappa shape index (κ1) is 21.4. The minimum Gasteiger partial charge on any atom is -0.378 e. The molecule has 5 nitrogen and oxygen atoms in total. The predicted molar refractivity (Wildman–Crippen MR) is 122 cm³/mol. The summed E-state index contributed by atoms with van der Waals surface area (Å²) in [4.78, 5) is 9.73. The summed E-state index contributed by atoms with van der Waals surface area (Å²) in [5.41, 5.74) is 0.349. The molecule has 154 valence electrons. The highest BCUT2D eigenvalue weighted by atomic mass is 127. The van der Waals surface area contributed by atoms with Gasteiger partial charge in [0, 0.05) is 57.3 Å². The van der Waals surface area contributed by atoms with Gasteiger partial charge < -0.3 is 15.0 Å². The van der Waals surface area contributed by atoms with Crippen molar-refractivity contribution in [3.05, 3.63) is 12.2 Å². The Bertz CT molecular complexity index is 538. The van der Waals surface area contributed by atoms with Crippen molar-refractivity contribution in [3.8, 4) is 0 Å². The van der Waals surface area contributed by atoms with E-state index in [0.29, 0.717) is 23.6 Å². The van der Waals surface area contributed by atoms with Gasteiger partial charge in [-0.1, -0.05) is 31.4 Å². The zero-order valence-electron chi connectivity index (χ0n) is 17.0. The number of halogens is 1. The first-order chi connectivity index (χ1) is 12.8. The molecule has 0 aromatic rings. The Morgan fingerprint density at radius 2 is 1.96 bits per heavy atom. The van der Waals surface area contributed by atoms with Crippen LogP contribution in [0.1, 0.15) is 51.9 Å². The van der Waals surface area contributed by atoms with Crippen LogP contribution in [0.2, 0.25) is 0 Å². The molecule has 2 heterocycles. The molecule has 3 fully saturated rings. The van der Waals surface area contributed by atoms with Gasteiger partial charge in [0.2, 0.25) is 0 Å². The number of likely N-dealkylation sites (tertiary alicyclic amines) is 1. The number of rotatable bonds is 4. The SMILES string of the molecule is CCOC1CC(NC(=NC)N2CCC(N3CC=CC3)C2)C12CCCCC2.I. The van der Waals surface area contributed by atoms with E-state index in [1.807, 2.05) is 7.05 Å². The maximum atomic E-state index is 6.12. The van der Waals surface area contributed by atoms with Crippen molar-refractivity contribution in [1.29, 1.82) is 0 Å². The summed E-state index contributed by atoms with van der Waals surface area (Å²) in [6.45, 7) is 7.43. The summed E-state index contributed by atoms with van der Waals surface area (Å²) in [5, 5.41) is 3.87. The van der Waals surface area contributed by atoms with E-state index in [2.05, 4.69) is 39.2 Å². The quantitative estimate of drug-likeness (QED) is 0.286. The van der Waals surface area contributed by atoms with E-state index in [4.69, 9.17) is 4.74 Å². The molecule has 2 saturated carbocycles. The molecule has 0 aromatic heterocycles. The van der Waals surface area contributed by atoms with Gasteiger partial charge in [-0.2, -0.15) is 0 Å². The largest absolute Gasteiger partial charge is 0.378 e. The van der Waals surface area contributed by atoms with Gasteiger partial charge in [0.25, 0.3) is 0 Å². The van der Waals surface area contributed by atoms with Gasteiger partial charge in [-0.05, 0) is 32.6 Å². The van der Waals surface area contributed by atoms with Crippen LogP contribution in [0.25, 0.3) is 0 Å². The van der Waals surface area contributed by atoms with Gasteiger partial charge in [0.15, 0.2) is 5.96 Å². The second kappa shape index (κ2) is 9.44. The Kier molecular flexibility index (Phi) is 7.47. The van der Waals surface area contributed by atoms with E-state index in [0.717, 1.165) is 45.2 Å². The van der Waals surface area contributed by atoms with Crippen LogP contribution in [-0.4, -0.2) is 73.8 Å². The minimum atomic E-state index is 0. The lowest BCUT2D eigenvalue weighted by molar-refractivity contribution is -0.146. The topological polar surface area (TPSA) is 40.1 Å². The van der Waals surface area contributed by atoms with Gasteiger partial charge >= 0.3 is 0 Å². The molecule has 4 rings (SSSR count). The fourth-order valence-electron chi connectivity index (χ4n) is 5.74. The summed E-state index contributed by atoms with van der Waals surface area (Å²) in [6, 6.07) is 1.20. The molecule has 0 amide bonds. The first-order valence-electron chi connectivity index (χ1n) is 10.8. The first-order valence-corrected chi connectivity index (χ1v) is 10.8. The predicted octanol–water partition coefficient (Wildman–Crippen LogP) is 3.25. The number of hydrogen-bond acceptors (Lipinski definition) is 3. The Balaban J connectivity index is 0.00000210. The third-order valence-electron chi connectivity index (χ3n) is 7.28.